The average molecular weight is 321 g/mol. The summed E-state index contributed by atoms with van der Waals surface area (Å²) < 4.78 is 5.06. The first kappa shape index (κ1) is 16.2. The van der Waals surface area contributed by atoms with E-state index < -0.39 is 0 Å². The Morgan fingerprint density at radius 1 is 1.36 bits per heavy atom. The number of ether oxygens (including phenoxy) is 1. The Labute approximate surface area is 134 Å². The van der Waals surface area contributed by atoms with Crippen molar-refractivity contribution in [3.05, 3.63) is 53.4 Å². The van der Waals surface area contributed by atoms with Crippen molar-refractivity contribution in [3.63, 3.8) is 0 Å². The van der Waals surface area contributed by atoms with E-state index in [2.05, 4.69) is 15.3 Å². The first-order valence-electron chi connectivity index (χ1n) is 6.75. The summed E-state index contributed by atoms with van der Waals surface area (Å²) in [4.78, 5) is 22.1. The lowest BCUT2D eigenvalue weighted by molar-refractivity contribution is 0.152. The lowest BCUT2D eigenvalue weighted by Crippen LogP contribution is -2.37. The molecule has 2 aromatic rings. The number of hydrogen-bond donors (Lipinski definition) is 1. The van der Waals surface area contributed by atoms with Gasteiger partial charge in [0.05, 0.1) is 6.61 Å². The quantitative estimate of drug-likeness (QED) is 0.831. The van der Waals surface area contributed by atoms with Crippen molar-refractivity contribution in [2.24, 2.45) is 0 Å². The molecule has 0 aliphatic rings. The number of anilines is 1. The second-order valence-corrected chi connectivity index (χ2v) is 4.94. The number of hydrogen-bond acceptors (Lipinski definition) is 4. The van der Waals surface area contributed by atoms with Crippen molar-refractivity contribution in [2.45, 2.75) is 6.54 Å². The third-order valence-corrected chi connectivity index (χ3v) is 3.11. The molecule has 0 unspecified atom stereocenters. The second-order valence-electron chi connectivity index (χ2n) is 4.55. The van der Waals surface area contributed by atoms with Crippen LogP contribution in [-0.4, -0.2) is 41.2 Å². The Kier molecular flexibility index (Phi) is 6.12. The van der Waals surface area contributed by atoms with Crippen LogP contribution >= 0.6 is 11.6 Å². The van der Waals surface area contributed by atoms with Gasteiger partial charge in [-0.1, -0.05) is 23.7 Å². The minimum absolute atomic E-state index is 0.268. The minimum Gasteiger partial charge on any atom is -0.383 e. The van der Waals surface area contributed by atoms with Gasteiger partial charge in [-0.15, -0.1) is 0 Å². The Bertz CT molecular complexity index is 610. The molecular weight excluding hydrogens is 304 g/mol. The number of nitrogens with zero attached hydrogens (tertiary/aromatic N) is 3. The molecule has 1 N–H and O–H groups in total. The highest BCUT2D eigenvalue weighted by atomic mass is 35.5. The third-order valence-electron chi connectivity index (χ3n) is 2.90. The molecule has 22 heavy (non-hydrogen) atoms. The number of aromatic nitrogens is 2. The molecule has 2 rings (SSSR count). The number of amides is 2. The summed E-state index contributed by atoms with van der Waals surface area (Å²) in [6, 6.07) is 8.54. The van der Waals surface area contributed by atoms with E-state index in [1.54, 1.807) is 42.6 Å². The molecule has 0 aliphatic carbocycles. The van der Waals surface area contributed by atoms with Crippen molar-refractivity contribution < 1.29 is 9.53 Å². The fourth-order valence-corrected chi connectivity index (χ4v) is 2.00. The van der Waals surface area contributed by atoms with E-state index in [9.17, 15) is 4.79 Å². The van der Waals surface area contributed by atoms with Gasteiger partial charge < -0.3 is 9.64 Å². The zero-order valence-corrected chi connectivity index (χ0v) is 13.0. The van der Waals surface area contributed by atoms with E-state index in [1.165, 1.54) is 0 Å². The van der Waals surface area contributed by atoms with E-state index in [1.807, 2.05) is 12.1 Å². The summed E-state index contributed by atoms with van der Waals surface area (Å²) >= 11 is 5.82. The molecule has 0 aromatic carbocycles. The second kappa shape index (κ2) is 8.31. The van der Waals surface area contributed by atoms with Crippen molar-refractivity contribution in [1.82, 2.24) is 14.9 Å². The Hall–Kier alpha value is -2.18. The van der Waals surface area contributed by atoms with Gasteiger partial charge in [-0.3, -0.25) is 10.3 Å². The highest BCUT2D eigenvalue weighted by Crippen LogP contribution is 2.11. The average Bonchev–Trinajstić information content (AvgIpc) is 2.52. The lowest BCUT2D eigenvalue weighted by Gasteiger charge is -2.22. The van der Waals surface area contributed by atoms with Crippen LogP contribution in [0.1, 0.15) is 5.56 Å². The van der Waals surface area contributed by atoms with Crippen molar-refractivity contribution in [2.75, 3.05) is 25.6 Å². The summed E-state index contributed by atoms with van der Waals surface area (Å²) in [5.41, 5.74) is 0.938. The molecule has 7 heteroatoms. The largest absolute Gasteiger partial charge is 0.383 e. The van der Waals surface area contributed by atoms with Gasteiger partial charge in [0.2, 0.25) is 0 Å². The minimum atomic E-state index is -0.268. The van der Waals surface area contributed by atoms with Crippen molar-refractivity contribution in [1.29, 1.82) is 0 Å². The molecule has 0 spiro atoms. The van der Waals surface area contributed by atoms with E-state index in [0.717, 1.165) is 5.56 Å². The molecule has 2 aromatic heterocycles. The molecular formula is C15H17ClN4O2. The molecule has 6 nitrogen and oxygen atoms in total. The van der Waals surface area contributed by atoms with Crippen LogP contribution in [0.3, 0.4) is 0 Å². The number of halogens is 1. The first-order valence-corrected chi connectivity index (χ1v) is 7.13. The number of nitrogens with one attached hydrogen (secondary N) is 1. The highest BCUT2D eigenvalue weighted by Gasteiger charge is 2.14. The third kappa shape index (κ3) is 4.98. The van der Waals surface area contributed by atoms with Crippen LogP contribution < -0.4 is 5.32 Å². The molecule has 2 amide bonds. The predicted octanol–water partition coefficient (Wildman–Crippen LogP) is 2.81. The van der Waals surface area contributed by atoms with Crippen LogP contribution in [-0.2, 0) is 11.3 Å². The van der Waals surface area contributed by atoms with E-state index in [-0.39, 0.29) is 6.03 Å². The number of methoxy groups -OCH3 is 1. The smallest absolute Gasteiger partial charge is 0.323 e. The van der Waals surface area contributed by atoms with Crippen LogP contribution in [0.2, 0.25) is 5.15 Å². The molecule has 0 bridgehead atoms. The van der Waals surface area contributed by atoms with Crippen LogP contribution in [0.25, 0.3) is 0 Å². The molecule has 0 saturated heterocycles. The van der Waals surface area contributed by atoms with E-state index in [4.69, 9.17) is 16.3 Å². The van der Waals surface area contributed by atoms with Gasteiger partial charge >= 0.3 is 6.03 Å². The summed E-state index contributed by atoms with van der Waals surface area (Å²) in [6.07, 6.45) is 3.42. The van der Waals surface area contributed by atoms with Crippen molar-refractivity contribution >= 4 is 23.4 Å². The van der Waals surface area contributed by atoms with Crippen LogP contribution in [0, 0.1) is 0 Å². The first-order chi connectivity index (χ1) is 10.7. The van der Waals surface area contributed by atoms with Crippen molar-refractivity contribution in [3.8, 4) is 0 Å². The Balaban J connectivity index is 2.05. The van der Waals surface area contributed by atoms with Crippen LogP contribution in [0.5, 0.6) is 0 Å². The standard InChI is InChI=1S/C15H17ClN4O2/c1-22-9-8-20(11-12-4-3-7-17-10-12)15(21)19-14-6-2-5-13(16)18-14/h2-7,10H,8-9,11H2,1H3,(H,18,19,21). The fourth-order valence-electron chi connectivity index (χ4n) is 1.83. The molecule has 0 fully saturated rings. The van der Waals surface area contributed by atoms with Gasteiger partial charge in [0.1, 0.15) is 11.0 Å². The Morgan fingerprint density at radius 3 is 2.91 bits per heavy atom. The summed E-state index contributed by atoms with van der Waals surface area (Å²) in [7, 11) is 1.60. The molecule has 2 heterocycles. The van der Waals surface area contributed by atoms with Crippen LogP contribution in [0.4, 0.5) is 10.6 Å². The zero-order chi connectivity index (χ0) is 15.8. The summed E-state index contributed by atoms with van der Waals surface area (Å²) in [6.45, 7) is 1.33. The fraction of sp³-hybridized carbons (Fsp3) is 0.267. The summed E-state index contributed by atoms with van der Waals surface area (Å²) in [5, 5.41) is 3.05. The highest BCUT2D eigenvalue weighted by molar-refractivity contribution is 6.29. The maximum absolute atomic E-state index is 12.4. The number of urea groups is 1. The van der Waals surface area contributed by atoms with E-state index in [0.29, 0.717) is 30.7 Å². The monoisotopic (exact) mass is 320 g/mol. The molecule has 0 saturated carbocycles. The molecule has 0 atom stereocenters. The summed E-state index contributed by atoms with van der Waals surface area (Å²) in [5.74, 6) is 0.408. The number of rotatable bonds is 6. The van der Waals surface area contributed by atoms with Gasteiger partial charge in [0, 0.05) is 32.6 Å². The molecule has 0 aliphatic heterocycles. The SMILES string of the molecule is COCCN(Cc1cccnc1)C(=O)Nc1cccc(Cl)n1. The number of pyridine rings is 2. The van der Waals surface area contributed by atoms with Gasteiger partial charge in [0.25, 0.3) is 0 Å². The Morgan fingerprint density at radius 2 is 2.23 bits per heavy atom. The maximum atomic E-state index is 12.4. The van der Waals surface area contributed by atoms with Gasteiger partial charge in [-0.05, 0) is 23.8 Å². The van der Waals surface area contributed by atoms with Gasteiger partial charge in [-0.2, -0.15) is 0 Å². The lowest BCUT2D eigenvalue weighted by atomic mass is 10.2. The molecule has 116 valence electrons. The zero-order valence-electron chi connectivity index (χ0n) is 12.2. The van der Waals surface area contributed by atoms with Crippen LogP contribution in [0.15, 0.2) is 42.7 Å². The molecule has 0 radical (unpaired) electrons. The maximum Gasteiger partial charge on any atom is 0.323 e. The number of carbonyl (C=O) groups is 1. The van der Waals surface area contributed by atoms with Gasteiger partial charge in [0.15, 0.2) is 0 Å². The van der Waals surface area contributed by atoms with Gasteiger partial charge in [-0.25, -0.2) is 9.78 Å². The number of carbonyl (C=O) groups excluding carboxylic acids is 1. The van der Waals surface area contributed by atoms with E-state index >= 15 is 0 Å². The normalized spacial score (nSPS) is 10.3. The predicted molar refractivity (Wildman–Crippen MR) is 84.8 cm³/mol. The topological polar surface area (TPSA) is 67.3 Å².